The standard InChI is InChI=1S/C22H19ClN2O2S/c1-14-12-16(22(27)24-2)6-9-19(14)25-21(26)11-8-18-7-10-20(28-18)15-4-3-5-17(23)13-15/h3-13H,1-2H3,(H,24,27)(H,25,26). The summed E-state index contributed by atoms with van der Waals surface area (Å²) < 4.78 is 0. The molecule has 0 spiro atoms. The maximum absolute atomic E-state index is 12.2. The van der Waals surface area contributed by atoms with Crippen LogP contribution in [0.1, 0.15) is 20.8 Å². The van der Waals surface area contributed by atoms with Crippen LogP contribution in [0.25, 0.3) is 16.5 Å². The van der Waals surface area contributed by atoms with Crippen LogP contribution in [0.5, 0.6) is 0 Å². The third-order valence-corrected chi connectivity index (χ3v) is 5.44. The number of carbonyl (C=O) groups is 2. The molecule has 0 aliphatic carbocycles. The van der Waals surface area contributed by atoms with Crippen molar-refractivity contribution in [2.24, 2.45) is 0 Å². The number of hydrogen-bond acceptors (Lipinski definition) is 3. The Kier molecular flexibility index (Phi) is 6.29. The van der Waals surface area contributed by atoms with Gasteiger partial charge in [0.25, 0.3) is 5.91 Å². The van der Waals surface area contributed by atoms with Crippen LogP contribution in [-0.4, -0.2) is 18.9 Å². The fourth-order valence-corrected chi connectivity index (χ4v) is 3.76. The molecule has 0 saturated heterocycles. The second-order valence-corrected chi connectivity index (χ2v) is 7.70. The number of thiophene rings is 1. The summed E-state index contributed by atoms with van der Waals surface area (Å²) >= 11 is 7.63. The van der Waals surface area contributed by atoms with E-state index in [0.717, 1.165) is 20.9 Å². The largest absolute Gasteiger partial charge is 0.355 e. The molecule has 0 saturated carbocycles. The molecule has 2 amide bonds. The van der Waals surface area contributed by atoms with Gasteiger partial charge in [0.15, 0.2) is 0 Å². The van der Waals surface area contributed by atoms with Crippen LogP contribution in [0, 0.1) is 6.92 Å². The van der Waals surface area contributed by atoms with E-state index in [-0.39, 0.29) is 11.8 Å². The van der Waals surface area contributed by atoms with Crippen molar-refractivity contribution >= 4 is 46.5 Å². The predicted molar refractivity (Wildman–Crippen MR) is 117 cm³/mol. The van der Waals surface area contributed by atoms with Crippen LogP contribution in [0.2, 0.25) is 5.02 Å². The molecule has 1 heterocycles. The van der Waals surface area contributed by atoms with Crippen LogP contribution in [0.4, 0.5) is 5.69 Å². The average Bonchev–Trinajstić information content (AvgIpc) is 3.16. The van der Waals surface area contributed by atoms with Gasteiger partial charge in [-0.05, 0) is 66.6 Å². The minimum atomic E-state index is -0.228. The minimum absolute atomic E-state index is 0.158. The molecule has 0 aliphatic rings. The number of nitrogens with one attached hydrogen (secondary N) is 2. The third kappa shape index (κ3) is 4.88. The molecule has 0 fully saturated rings. The van der Waals surface area contributed by atoms with Gasteiger partial charge in [-0.3, -0.25) is 9.59 Å². The SMILES string of the molecule is CNC(=O)c1ccc(NC(=O)C=Cc2ccc(-c3cccc(Cl)c3)s2)c(C)c1. The summed E-state index contributed by atoms with van der Waals surface area (Å²) in [6.45, 7) is 1.85. The summed E-state index contributed by atoms with van der Waals surface area (Å²) in [5.74, 6) is -0.387. The second kappa shape index (κ2) is 8.87. The molecule has 6 heteroatoms. The van der Waals surface area contributed by atoms with Gasteiger partial charge in [-0.1, -0.05) is 23.7 Å². The number of aryl methyl sites for hydroxylation is 1. The van der Waals surface area contributed by atoms with Crippen molar-refractivity contribution in [2.75, 3.05) is 12.4 Å². The van der Waals surface area contributed by atoms with Crippen molar-refractivity contribution in [1.82, 2.24) is 5.32 Å². The van der Waals surface area contributed by atoms with Crippen LogP contribution in [0.15, 0.2) is 60.7 Å². The van der Waals surface area contributed by atoms with Crippen molar-refractivity contribution < 1.29 is 9.59 Å². The summed E-state index contributed by atoms with van der Waals surface area (Å²) in [5, 5.41) is 6.12. The predicted octanol–water partition coefficient (Wildman–Crippen LogP) is 5.39. The monoisotopic (exact) mass is 410 g/mol. The molecule has 2 N–H and O–H groups in total. The first-order valence-electron chi connectivity index (χ1n) is 8.64. The van der Waals surface area contributed by atoms with E-state index < -0.39 is 0 Å². The van der Waals surface area contributed by atoms with Gasteiger partial charge in [-0.15, -0.1) is 11.3 Å². The van der Waals surface area contributed by atoms with Gasteiger partial charge in [-0.2, -0.15) is 0 Å². The highest BCUT2D eigenvalue weighted by Gasteiger charge is 2.07. The van der Waals surface area contributed by atoms with Gasteiger partial charge in [0.05, 0.1) is 0 Å². The van der Waals surface area contributed by atoms with Crippen LogP contribution in [0.3, 0.4) is 0 Å². The molecule has 0 bridgehead atoms. The van der Waals surface area contributed by atoms with Crippen LogP contribution in [-0.2, 0) is 4.79 Å². The van der Waals surface area contributed by atoms with Gasteiger partial charge in [0, 0.05) is 39.2 Å². The highest BCUT2D eigenvalue weighted by molar-refractivity contribution is 7.16. The number of carbonyl (C=O) groups excluding carboxylic acids is 2. The topological polar surface area (TPSA) is 58.2 Å². The number of hydrogen-bond donors (Lipinski definition) is 2. The van der Waals surface area contributed by atoms with Crippen molar-refractivity contribution in [3.05, 3.63) is 81.7 Å². The van der Waals surface area contributed by atoms with Gasteiger partial charge < -0.3 is 10.6 Å². The Morgan fingerprint density at radius 1 is 1.07 bits per heavy atom. The van der Waals surface area contributed by atoms with Crippen molar-refractivity contribution in [1.29, 1.82) is 0 Å². The summed E-state index contributed by atoms with van der Waals surface area (Å²) in [4.78, 5) is 26.0. The zero-order valence-electron chi connectivity index (χ0n) is 15.5. The van der Waals surface area contributed by atoms with E-state index in [1.54, 1.807) is 42.7 Å². The molecule has 28 heavy (non-hydrogen) atoms. The number of amides is 2. The molecule has 0 unspecified atom stereocenters. The Bertz CT molecular complexity index is 1060. The van der Waals surface area contributed by atoms with E-state index in [4.69, 9.17) is 11.6 Å². The van der Waals surface area contributed by atoms with Crippen molar-refractivity contribution in [3.8, 4) is 10.4 Å². The van der Waals surface area contributed by atoms with E-state index in [9.17, 15) is 9.59 Å². The lowest BCUT2D eigenvalue weighted by atomic mass is 10.1. The second-order valence-electron chi connectivity index (χ2n) is 6.14. The van der Waals surface area contributed by atoms with Crippen molar-refractivity contribution in [3.63, 3.8) is 0 Å². The summed E-state index contributed by atoms with van der Waals surface area (Å²) in [6, 6.07) is 16.8. The van der Waals surface area contributed by atoms with E-state index in [2.05, 4.69) is 10.6 Å². The van der Waals surface area contributed by atoms with Crippen LogP contribution >= 0.6 is 22.9 Å². The molecular weight excluding hydrogens is 392 g/mol. The smallest absolute Gasteiger partial charge is 0.251 e. The number of halogens is 1. The lowest BCUT2D eigenvalue weighted by molar-refractivity contribution is -0.111. The first-order valence-corrected chi connectivity index (χ1v) is 9.83. The lowest BCUT2D eigenvalue weighted by Gasteiger charge is -2.08. The minimum Gasteiger partial charge on any atom is -0.355 e. The zero-order valence-corrected chi connectivity index (χ0v) is 17.0. The Morgan fingerprint density at radius 3 is 2.61 bits per heavy atom. The summed E-state index contributed by atoms with van der Waals surface area (Å²) in [7, 11) is 1.58. The molecule has 3 aromatic rings. The van der Waals surface area contributed by atoms with Gasteiger partial charge in [0.1, 0.15) is 0 Å². The van der Waals surface area contributed by atoms with Gasteiger partial charge in [0.2, 0.25) is 5.91 Å². The molecule has 142 valence electrons. The average molecular weight is 411 g/mol. The molecule has 2 aromatic carbocycles. The first kappa shape index (κ1) is 19.9. The maximum Gasteiger partial charge on any atom is 0.251 e. The number of rotatable bonds is 5. The molecular formula is C22H19ClN2O2S. The number of benzene rings is 2. The molecule has 3 rings (SSSR count). The normalized spacial score (nSPS) is 10.8. The fraction of sp³-hybridized carbons (Fsp3) is 0.0909. The molecule has 4 nitrogen and oxygen atoms in total. The van der Waals surface area contributed by atoms with E-state index in [1.807, 2.05) is 43.3 Å². The molecule has 0 atom stereocenters. The first-order chi connectivity index (χ1) is 13.5. The third-order valence-electron chi connectivity index (χ3n) is 4.11. The quantitative estimate of drug-likeness (QED) is 0.554. The Balaban J connectivity index is 1.67. The van der Waals surface area contributed by atoms with E-state index in [1.165, 1.54) is 6.08 Å². The Morgan fingerprint density at radius 2 is 1.89 bits per heavy atom. The lowest BCUT2D eigenvalue weighted by Crippen LogP contribution is -2.18. The Hall–Kier alpha value is -2.89. The summed E-state index contributed by atoms with van der Waals surface area (Å²) in [5.41, 5.74) is 3.10. The highest BCUT2D eigenvalue weighted by Crippen LogP contribution is 2.30. The van der Waals surface area contributed by atoms with Gasteiger partial charge in [-0.25, -0.2) is 0 Å². The van der Waals surface area contributed by atoms with E-state index >= 15 is 0 Å². The van der Waals surface area contributed by atoms with E-state index in [0.29, 0.717) is 16.3 Å². The molecule has 1 aromatic heterocycles. The summed E-state index contributed by atoms with van der Waals surface area (Å²) in [6.07, 6.45) is 3.28. The highest BCUT2D eigenvalue weighted by atomic mass is 35.5. The van der Waals surface area contributed by atoms with Crippen LogP contribution < -0.4 is 10.6 Å². The molecule has 0 aliphatic heterocycles. The zero-order chi connectivity index (χ0) is 20.1. The Labute approximate surface area is 172 Å². The number of anilines is 1. The van der Waals surface area contributed by atoms with Crippen molar-refractivity contribution in [2.45, 2.75) is 6.92 Å². The van der Waals surface area contributed by atoms with Gasteiger partial charge >= 0.3 is 0 Å². The molecule has 0 radical (unpaired) electrons. The fourth-order valence-electron chi connectivity index (χ4n) is 2.66. The maximum atomic E-state index is 12.2.